The summed E-state index contributed by atoms with van der Waals surface area (Å²) in [4.78, 5) is 23.4. The summed E-state index contributed by atoms with van der Waals surface area (Å²) in [5.41, 5.74) is -0.180. The van der Waals surface area contributed by atoms with Crippen LogP contribution >= 0.6 is 11.6 Å². The Morgan fingerprint density at radius 3 is 2.48 bits per heavy atom. The Morgan fingerprint density at radius 2 is 1.87 bits per heavy atom. The Kier molecular flexibility index (Phi) is 5.60. The number of carbonyl (C=O) groups is 2. The molecule has 0 saturated carbocycles. The second-order valence-electron chi connectivity index (χ2n) is 4.69. The first-order valence-electron chi connectivity index (χ1n) is 6.97. The van der Waals surface area contributed by atoms with Gasteiger partial charge >= 0.3 is 11.9 Å². The van der Waals surface area contributed by atoms with Crippen molar-refractivity contribution in [3.05, 3.63) is 59.1 Å². The van der Waals surface area contributed by atoms with Gasteiger partial charge in [-0.15, -0.1) is 0 Å². The van der Waals surface area contributed by atoms with Crippen molar-refractivity contribution in [1.29, 1.82) is 0 Å². The minimum atomic E-state index is -1.23. The van der Waals surface area contributed by atoms with Crippen LogP contribution in [0.3, 0.4) is 0 Å². The fraction of sp³-hybridized carbons (Fsp3) is 0.176. The molecule has 2 aromatic rings. The van der Waals surface area contributed by atoms with E-state index in [1.54, 1.807) is 31.2 Å². The lowest BCUT2D eigenvalue weighted by atomic mass is 10.2. The van der Waals surface area contributed by atoms with Crippen molar-refractivity contribution in [2.45, 2.75) is 19.4 Å². The highest BCUT2D eigenvalue weighted by Crippen LogP contribution is 2.24. The van der Waals surface area contributed by atoms with Gasteiger partial charge in [-0.05, 0) is 36.8 Å². The van der Waals surface area contributed by atoms with Crippen LogP contribution in [0.4, 0.5) is 0 Å². The predicted molar refractivity (Wildman–Crippen MR) is 85.2 cm³/mol. The second kappa shape index (κ2) is 7.65. The number of benzene rings is 2. The monoisotopic (exact) mass is 334 g/mol. The fourth-order valence-electron chi connectivity index (χ4n) is 1.89. The van der Waals surface area contributed by atoms with Gasteiger partial charge in [-0.2, -0.15) is 0 Å². The summed E-state index contributed by atoms with van der Waals surface area (Å²) in [6, 6.07) is 12.9. The molecule has 0 radical (unpaired) electrons. The number of rotatable bonds is 6. The molecule has 120 valence electrons. The zero-order valence-corrected chi connectivity index (χ0v) is 13.1. The van der Waals surface area contributed by atoms with Gasteiger partial charge in [0.25, 0.3) is 0 Å². The molecule has 5 nitrogen and oxygen atoms in total. The molecular weight excluding hydrogens is 320 g/mol. The van der Waals surface area contributed by atoms with E-state index in [2.05, 4.69) is 0 Å². The summed E-state index contributed by atoms with van der Waals surface area (Å²) in [6.07, 6.45) is -0.460. The Labute approximate surface area is 138 Å². The highest BCUT2D eigenvalue weighted by atomic mass is 35.5. The van der Waals surface area contributed by atoms with E-state index in [4.69, 9.17) is 26.2 Å². The van der Waals surface area contributed by atoms with Crippen molar-refractivity contribution in [2.24, 2.45) is 0 Å². The number of carboxylic acid groups (broad SMARTS) is 1. The Hall–Kier alpha value is -2.53. The maximum absolute atomic E-state index is 12.2. The molecule has 0 saturated heterocycles. The molecule has 1 atom stereocenters. The van der Waals surface area contributed by atoms with Crippen LogP contribution in [0, 0.1) is 0 Å². The lowest BCUT2D eigenvalue weighted by Crippen LogP contribution is -2.31. The highest BCUT2D eigenvalue weighted by molar-refractivity contribution is 6.31. The van der Waals surface area contributed by atoms with Crippen LogP contribution in [-0.4, -0.2) is 23.1 Å². The molecule has 1 unspecified atom stereocenters. The standard InChI is InChI=1S/C17H15ClO5/c1-2-14(22-12-6-4-3-5-7-12)17(21)23-15-9-8-11(18)10-13(15)16(19)20/h3-10,14H,2H2,1H3,(H,19,20). The van der Waals surface area contributed by atoms with E-state index in [0.717, 1.165) is 0 Å². The molecule has 23 heavy (non-hydrogen) atoms. The lowest BCUT2D eigenvalue weighted by molar-refractivity contribution is -0.142. The third kappa shape index (κ3) is 4.47. The van der Waals surface area contributed by atoms with Crippen molar-refractivity contribution in [3.63, 3.8) is 0 Å². The molecule has 0 aromatic heterocycles. The van der Waals surface area contributed by atoms with Gasteiger partial charge < -0.3 is 14.6 Å². The summed E-state index contributed by atoms with van der Waals surface area (Å²) in [5, 5.41) is 9.40. The van der Waals surface area contributed by atoms with Gasteiger partial charge in [-0.1, -0.05) is 36.7 Å². The Balaban J connectivity index is 2.15. The number of halogens is 1. The molecule has 0 aliphatic heterocycles. The normalized spacial score (nSPS) is 11.6. The Bertz CT molecular complexity index is 699. The summed E-state index contributed by atoms with van der Waals surface area (Å²) >= 11 is 5.77. The SMILES string of the molecule is CCC(Oc1ccccc1)C(=O)Oc1ccc(Cl)cc1C(=O)O. The van der Waals surface area contributed by atoms with E-state index in [1.165, 1.54) is 18.2 Å². The van der Waals surface area contributed by atoms with Crippen LogP contribution in [0.5, 0.6) is 11.5 Å². The maximum Gasteiger partial charge on any atom is 0.352 e. The van der Waals surface area contributed by atoms with Crippen molar-refractivity contribution >= 4 is 23.5 Å². The van der Waals surface area contributed by atoms with Crippen LogP contribution in [0.15, 0.2) is 48.5 Å². The van der Waals surface area contributed by atoms with E-state index in [1.807, 2.05) is 6.07 Å². The third-order valence-corrected chi connectivity index (χ3v) is 3.27. The predicted octanol–water partition coefficient (Wildman–Crippen LogP) is 3.80. The summed E-state index contributed by atoms with van der Waals surface area (Å²) in [6.45, 7) is 1.77. The topological polar surface area (TPSA) is 72.8 Å². The molecule has 1 N–H and O–H groups in total. The molecule has 2 rings (SSSR count). The molecule has 0 aliphatic carbocycles. The molecule has 0 amide bonds. The van der Waals surface area contributed by atoms with Crippen molar-refractivity contribution in [1.82, 2.24) is 0 Å². The fourth-order valence-corrected chi connectivity index (χ4v) is 2.07. The molecule has 6 heteroatoms. The molecule has 0 heterocycles. The number of carbonyl (C=O) groups excluding carboxylic acids is 1. The average Bonchev–Trinajstić information content (AvgIpc) is 2.55. The van der Waals surface area contributed by atoms with Gasteiger partial charge in [0.1, 0.15) is 17.1 Å². The van der Waals surface area contributed by atoms with E-state index in [0.29, 0.717) is 12.2 Å². The zero-order valence-electron chi connectivity index (χ0n) is 12.4. The summed E-state index contributed by atoms with van der Waals surface area (Å²) in [5.74, 6) is -1.43. The van der Waals surface area contributed by atoms with Gasteiger partial charge in [0.2, 0.25) is 0 Å². The van der Waals surface area contributed by atoms with E-state index >= 15 is 0 Å². The van der Waals surface area contributed by atoms with Gasteiger partial charge in [-0.25, -0.2) is 9.59 Å². The number of para-hydroxylation sites is 1. The number of hydrogen-bond acceptors (Lipinski definition) is 4. The number of carboxylic acids is 1. The van der Waals surface area contributed by atoms with E-state index in [-0.39, 0.29) is 16.3 Å². The molecule has 0 aliphatic rings. The average molecular weight is 335 g/mol. The number of ether oxygens (including phenoxy) is 2. The smallest absolute Gasteiger partial charge is 0.352 e. The molecule has 0 fully saturated rings. The van der Waals surface area contributed by atoms with Crippen LogP contribution in [0.25, 0.3) is 0 Å². The lowest BCUT2D eigenvalue weighted by Gasteiger charge is -2.17. The first-order valence-corrected chi connectivity index (χ1v) is 7.35. The third-order valence-electron chi connectivity index (χ3n) is 3.04. The summed E-state index contributed by atoms with van der Waals surface area (Å²) in [7, 11) is 0. The van der Waals surface area contributed by atoms with Crippen molar-refractivity contribution in [2.75, 3.05) is 0 Å². The van der Waals surface area contributed by atoms with Gasteiger partial charge in [-0.3, -0.25) is 0 Å². The molecule has 0 spiro atoms. The Morgan fingerprint density at radius 1 is 1.17 bits per heavy atom. The number of aromatic carboxylic acids is 1. The van der Waals surface area contributed by atoms with Gasteiger partial charge in [0, 0.05) is 5.02 Å². The second-order valence-corrected chi connectivity index (χ2v) is 5.13. The van der Waals surface area contributed by atoms with E-state index < -0.39 is 18.0 Å². The quantitative estimate of drug-likeness (QED) is 0.642. The van der Waals surface area contributed by atoms with Crippen molar-refractivity contribution < 1.29 is 24.2 Å². The van der Waals surface area contributed by atoms with Gasteiger partial charge in [0.15, 0.2) is 6.10 Å². The number of hydrogen-bond donors (Lipinski definition) is 1. The first kappa shape index (κ1) is 16.8. The zero-order chi connectivity index (χ0) is 16.8. The minimum Gasteiger partial charge on any atom is -0.479 e. The van der Waals surface area contributed by atoms with Crippen LogP contribution < -0.4 is 9.47 Å². The van der Waals surface area contributed by atoms with Crippen molar-refractivity contribution in [3.8, 4) is 11.5 Å². The molecular formula is C17H15ClO5. The summed E-state index contributed by atoms with van der Waals surface area (Å²) < 4.78 is 10.8. The number of esters is 1. The maximum atomic E-state index is 12.2. The minimum absolute atomic E-state index is 0.0676. The molecule has 0 bridgehead atoms. The highest BCUT2D eigenvalue weighted by Gasteiger charge is 2.23. The van der Waals surface area contributed by atoms with E-state index in [9.17, 15) is 9.59 Å². The van der Waals surface area contributed by atoms with Gasteiger partial charge in [0.05, 0.1) is 0 Å². The largest absolute Gasteiger partial charge is 0.479 e. The van der Waals surface area contributed by atoms with Crippen LogP contribution in [-0.2, 0) is 4.79 Å². The van der Waals surface area contributed by atoms with Crippen LogP contribution in [0.2, 0.25) is 5.02 Å². The first-order chi connectivity index (χ1) is 11.0. The van der Waals surface area contributed by atoms with Crippen LogP contribution in [0.1, 0.15) is 23.7 Å². The molecule has 2 aromatic carbocycles.